The Morgan fingerprint density at radius 1 is 1.10 bits per heavy atom. The summed E-state index contributed by atoms with van der Waals surface area (Å²) < 4.78 is 8.43. The van der Waals surface area contributed by atoms with Crippen molar-refractivity contribution in [3.8, 4) is 11.4 Å². The summed E-state index contributed by atoms with van der Waals surface area (Å²) in [6.45, 7) is 5.24. The fraction of sp³-hybridized carbons (Fsp3) is 0.286. The summed E-state index contributed by atoms with van der Waals surface area (Å²) in [5.74, 6) is 3.09. The van der Waals surface area contributed by atoms with Gasteiger partial charge in [0.05, 0.1) is 23.9 Å². The number of fused-ring (bicyclic) bond motifs is 1. The van der Waals surface area contributed by atoms with E-state index < -0.39 is 0 Å². The van der Waals surface area contributed by atoms with Crippen LogP contribution in [0.4, 0.5) is 5.13 Å². The van der Waals surface area contributed by atoms with Crippen LogP contribution in [0.15, 0.2) is 52.9 Å². The van der Waals surface area contributed by atoms with Gasteiger partial charge in [-0.1, -0.05) is 49.1 Å². The lowest BCUT2D eigenvalue weighted by molar-refractivity contribution is 0.414. The SMILES string of the molecule is COc1ccc(-n2c(CSc3nnc(NCC(C)C)s3)nc3ccccc32)cc1. The standard InChI is InChI=1S/C21H23N5OS2/c1-14(2)12-22-20-24-25-21(29-20)28-13-19-23-17-6-4-5-7-18(17)26(19)15-8-10-16(27-3)11-9-15/h4-11,14H,12-13H2,1-3H3,(H,22,24). The van der Waals surface area contributed by atoms with Crippen molar-refractivity contribution in [3.63, 3.8) is 0 Å². The molecule has 0 spiro atoms. The molecule has 0 unspecified atom stereocenters. The minimum Gasteiger partial charge on any atom is -0.497 e. The van der Waals surface area contributed by atoms with Crippen LogP contribution in [0.2, 0.25) is 0 Å². The van der Waals surface area contributed by atoms with Crippen LogP contribution in [-0.2, 0) is 5.75 Å². The Morgan fingerprint density at radius 3 is 2.66 bits per heavy atom. The normalized spacial score (nSPS) is 11.3. The number of hydrogen-bond acceptors (Lipinski definition) is 7. The highest BCUT2D eigenvalue weighted by Gasteiger charge is 2.14. The predicted molar refractivity (Wildman–Crippen MR) is 120 cm³/mol. The number of benzene rings is 2. The molecule has 4 rings (SSSR count). The largest absolute Gasteiger partial charge is 0.497 e. The lowest BCUT2D eigenvalue weighted by Crippen LogP contribution is -2.07. The molecule has 6 nitrogen and oxygen atoms in total. The van der Waals surface area contributed by atoms with Crippen LogP contribution >= 0.6 is 23.1 Å². The Morgan fingerprint density at radius 2 is 1.90 bits per heavy atom. The zero-order valence-electron chi connectivity index (χ0n) is 16.6. The molecule has 0 saturated heterocycles. The van der Waals surface area contributed by atoms with Crippen molar-refractivity contribution >= 4 is 39.3 Å². The molecule has 4 aromatic rings. The number of hydrogen-bond donors (Lipinski definition) is 1. The molecule has 0 aliphatic carbocycles. The van der Waals surface area contributed by atoms with Gasteiger partial charge in [0, 0.05) is 12.2 Å². The molecule has 150 valence electrons. The van der Waals surface area contributed by atoms with Crippen LogP contribution in [0.3, 0.4) is 0 Å². The van der Waals surface area contributed by atoms with Gasteiger partial charge >= 0.3 is 0 Å². The van der Waals surface area contributed by atoms with Gasteiger partial charge < -0.3 is 10.1 Å². The van der Waals surface area contributed by atoms with Gasteiger partial charge in [0.2, 0.25) is 5.13 Å². The third-order valence-corrected chi connectivity index (χ3v) is 6.36. The predicted octanol–water partition coefficient (Wildman–Crippen LogP) is 5.25. The van der Waals surface area contributed by atoms with E-state index in [9.17, 15) is 0 Å². The van der Waals surface area contributed by atoms with Gasteiger partial charge in [-0.15, -0.1) is 10.2 Å². The first-order valence-corrected chi connectivity index (χ1v) is 11.2. The molecule has 0 saturated carbocycles. The smallest absolute Gasteiger partial charge is 0.206 e. The van der Waals surface area contributed by atoms with Gasteiger partial charge in [-0.25, -0.2) is 4.98 Å². The van der Waals surface area contributed by atoms with Gasteiger partial charge in [-0.3, -0.25) is 4.57 Å². The van der Waals surface area contributed by atoms with Crippen LogP contribution in [0.25, 0.3) is 16.7 Å². The van der Waals surface area contributed by atoms with Crippen molar-refractivity contribution in [2.45, 2.75) is 23.9 Å². The molecule has 0 aliphatic rings. The average molecular weight is 426 g/mol. The number of methoxy groups -OCH3 is 1. The van der Waals surface area contributed by atoms with Crippen LogP contribution in [0.1, 0.15) is 19.7 Å². The maximum Gasteiger partial charge on any atom is 0.206 e. The Hall–Kier alpha value is -2.58. The number of anilines is 1. The minimum absolute atomic E-state index is 0.569. The summed E-state index contributed by atoms with van der Waals surface area (Å²) in [5.41, 5.74) is 3.13. The molecule has 2 aromatic carbocycles. The molecule has 0 atom stereocenters. The van der Waals surface area contributed by atoms with E-state index in [4.69, 9.17) is 9.72 Å². The molecule has 0 amide bonds. The maximum atomic E-state index is 5.30. The van der Waals surface area contributed by atoms with E-state index in [1.54, 1.807) is 30.2 Å². The van der Waals surface area contributed by atoms with Gasteiger partial charge in [0.1, 0.15) is 11.6 Å². The highest BCUT2D eigenvalue weighted by molar-refractivity contribution is 8.00. The first kappa shape index (κ1) is 19.7. The number of nitrogens with one attached hydrogen (secondary N) is 1. The fourth-order valence-electron chi connectivity index (χ4n) is 2.95. The van der Waals surface area contributed by atoms with E-state index in [2.05, 4.69) is 52.1 Å². The Kier molecular flexibility index (Phi) is 6.01. The molecule has 1 N–H and O–H groups in total. The summed E-state index contributed by atoms with van der Waals surface area (Å²) in [4.78, 5) is 4.86. The van der Waals surface area contributed by atoms with E-state index in [-0.39, 0.29) is 0 Å². The Bertz CT molecular complexity index is 1090. The summed E-state index contributed by atoms with van der Waals surface area (Å²) in [6, 6.07) is 16.2. The monoisotopic (exact) mass is 425 g/mol. The number of thioether (sulfide) groups is 1. The summed E-state index contributed by atoms with van der Waals surface area (Å²) in [7, 11) is 1.68. The van der Waals surface area contributed by atoms with Gasteiger partial charge in [-0.2, -0.15) is 0 Å². The van der Waals surface area contributed by atoms with Crippen molar-refractivity contribution in [2.24, 2.45) is 5.92 Å². The molecule has 29 heavy (non-hydrogen) atoms. The number of imidazole rings is 1. The molecule has 0 radical (unpaired) electrons. The summed E-state index contributed by atoms with van der Waals surface area (Å²) >= 11 is 3.24. The van der Waals surface area contributed by atoms with Gasteiger partial charge in [0.15, 0.2) is 4.34 Å². The van der Waals surface area contributed by atoms with Crippen molar-refractivity contribution < 1.29 is 4.74 Å². The van der Waals surface area contributed by atoms with E-state index in [1.807, 2.05) is 30.3 Å². The zero-order valence-corrected chi connectivity index (χ0v) is 18.3. The summed E-state index contributed by atoms with van der Waals surface area (Å²) in [5, 5.41) is 12.7. The molecular weight excluding hydrogens is 402 g/mol. The first-order valence-electron chi connectivity index (χ1n) is 9.45. The number of ether oxygens (including phenoxy) is 1. The first-order chi connectivity index (χ1) is 14.1. The molecule has 2 aromatic heterocycles. The molecule has 2 heterocycles. The fourth-order valence-corrected chi connectivity index (χ4v) is 4.63. The zero-order chi connectivity index (χ0) is 20.2. The summed E-state index contributed by atoms with van der Waals surface area (Å²) in [6.07, 6.45) is 0. The number of para-hydroxylation sites is 2. The lowest BCUT2D eigenvalue weighted by atomic mass is 10.2. The van der Waals surface area contributed by atoms with Crippen LogP contribution < -0.4 is 10.1 Å². The van der Waals surface area contributed by atoms with Crippen LogP contribution in [0.5, 0.6) is 5.75 Å². The van der Waals surface area contributed by atoms with Gasteiger partial charge in [-0.05, 0) is 42.3 Å². The van der Waals surface area contributed by atoms with Crippen molar-refractivity contribution in [1.82, 2.24) is 19.7 Å². The average Bonchev–Trinajstić information content (AvgIpc) is 3.35. The van der Waals surface area contributed by atoms with E-state index in [0.717, 1.165) is 44.3 Å². The Balaban J connectivity index is 1.58. The highest BCUT2D eigenvalue weighted by atomic mass is 32.2. The quantitative estimate of drug-likeness (QED) is 0.389. The third kappa shape index (κ3) is 4.54. The molecule has 0 fully saturated rings. The van der Waals surface area contributed by atoms with Crippen molar-refractivity contribution in [3.05, 3.63) is 54.4 Å². The number of rotatable bonds is 8. The van der Waals surface area contributed by atoms with Crippen molar-refractivity contribution in [2.75, 3.05) is 19.0 Å². The maximum absolute atomic E-state index is 5.30. The minimum atomic E-state index is 0.569. The number of nitrogens with zero attached hydrogens (tertiary/aromatic N) is 4. The molecular formula is C21H23N5OS2. The second-order valence-corrected chi connectivity index (χ2v) is 9.19. The second-order valence-electron chi connectivity index (χ2n) is 6.99. The topological polar surface area (TPSA) is 64.9 Å². The molecule has 0 aliphatic heterocycles. The van der Waals surface area contributed by atoms with Gasteiger partial charge in [0.25, 0.3) is 0 Å². The Labute approximate surface area is 178 Å². The van der Waals surface area contributed by atoms with Crippen LogP contribution in [-0.4, -0.2) is 33.4 Å². The van der Waals surface area contributed by atoms with E-state index >= 15 is 0 Å². The van der Waals surface area contributed by atoms with E-state index in [1.165, 1.54) is 0 Å². The third-order valence-electron chi connectivity index (χ3n) is 4.35. The molecule has 8 heteroatoms. The van der Waals surface area contributed by atoms with Crippen LogP contribution in [0, 0.1) is 5.92 Å². The molecule has 0 bridgehead atoms. The van der Waals surface area contributed by atoms with Crippen molar-refractivity contribution in [1.29, 1.82) is 0 Å². The lowest BCUT2D eigenvalue weighted by Gasteiger charge is -2.09. The highest BCUT2D eigenvalue weighted by Crippen LogP contribution is 2.31. The van der Waals surface area contributed by atoms with E-state index in [0.29, 0.717) is 11.7 Å². The number of aromatic nitrogens is 4. The second kappa shape index (κ2) is 8.84.